The van der Waals surface area contributed by atoms with E-state index in [1.165, 1.54) is 17.7 Å². The predicted molar refractivity (Wildman–Crippen MR) is 142 cm³/mol. The lowest BCUT2D eigenvalue weighted by atomic mass is 10.00. The smallest absolute Gasteiger partial charge is 0.340 e. The van der Waals surface area contributed by atoms with E-state index in [0.717, 1.165) is 0 Å². The maximum absolute atomic E-state index is 15.6. The molecule has 1 aromatic heterocycles. The lowest BCUT2D eigenvalue weighted by Crippen LogP contribution is -2.33. The molecule has 1 fully saturated rings. The Bertz CT molecular complexity index is 1640. The zero-order valence-corrected chi connectivity index (χ0v) is 22.1. The van der Waals surface area contributed by atoms with Crippen molar-refractivity contribution in [3.63, 3.8) is 0 Å². The molecule has 0 radical (unpaired) electrons. The van der Waals surface area contributed by atoms with Crippen molar-refractivity contribution in [1.82, 2.24) is 9.13 Å². The van der Waals surface area contributed by atoms with E-state index < -0.39 is 34.6 Å². The largest absolute Gasteiger partial charge is 0.465 e. The number of aromatic nitrogens is 2. The molecule has 5 rings (SSSR count). The van der Waals surface area contributed by atoms with Crippen LogP contribution in [-0.4, -0.2) is 33.8 Å². The molecular formula is C29H26ClFN2O5. The van der Waals surface area contributed by atoms with Crippen LogP contribution in [0.1, 0.15) is 59.9 Å². The first-order valence-electron chi connectivity index (χ1n) is 12.1. The van der Waals surface area contributed by atoms with Gasteiger partial charge in [0.1, 0.15) is 11.4 Å². The summed E-state index contributed by atoms with van der Waals surface area (Å²) in [5.41, 5.74) is -0.00106. The van der Waals surface area contributed by atoms with Gasteiger partial charge in [0.2, 0.25) is 0 Å². The number of hydrogen-bond acceptors (Lipinski definition) is 5. The molecule has 0 amide bonds. The molecule has 0 atom stereocenters. The van der Waals surface area contributed by atoms with Gasteiger partial charge in [-0.1, -0.05) is 23.7 Å². The van der Waals surface area contributed by atoms with E-state index in [0.29, 0.717) is 40.1 Å². The van der Waals surface area contributed by atoms with Gasteiger partial charge in [0, 0.05) is 10.6 Å². The third-order valence-electron chi connectivity index (χ3n) is 6.62. The summed E-state index contributed by atoms with van der Waals surface area (Å²) in [6, 6.07) is 16.1. The highest BCUT2D eigenvalue weighted by atomic mass is 35.5. The number of fused-ring (bicyclic) bond motifs is 1. The minimum absolute atomic E-state index is 0.186. The minimum atomic E-state index is -0.973. The van der Waals surface area contributed by atoms with Crippen LogP contribution in [0.15, 0.2) is 65.5 Å². The van der Waals surface area contributed by atoms with Gasteiger partial charge in [-0.2, -0.15) is 0 Å². The van der Waals surface area contributed by atoms with Gasteiger partial charge in [-0.05, 0) is 82.1 Å². The Morgan fingerprint density at radius 1 is 0.974 bits per heavy atom. The molecule has 0 spiro atoms. The summed E-state index contributed by atoms with van der Waals surface area (Å²) in [7, 11) is 1.19. The van der Waals surface area contributed by atoms with Crippen LogP contribution < -0.4 is 5.69 Å². The van der Waals surface area contributed by atoms with Crippen LogP contribution in [0, 0.1) is 5.82 Å². The predicted octanol–water partition coefficient (Wildman–Crippen LogP) is 5.86. The summed E-state index contributed by atoms with van der Waals surface area (Å²) in [6.45, 7) is 5.36. The van der Waals surface area contributed by atoms with Crippen LogP contribution in [0.5, 0.6) is 0 Å². The van der Waals surface area contributed by atoms with E-state index in [9.17, 15) is 14.4 Å². The normalized spacial score (nSPS) is 14.4. The molecule has 0 unspecified atom stereocenters. The van der Waals surface area contributed by atoms with Gasteiger partial charge in [0.15, 0.2) is 0 Å². The van der Waals surface area contributed by atoms with Crippen LogP contribution in [-0.2, 0) is 15.0 Å². The number of nitrogens with zero attached hydrogens (tertiary/aromatic N) is 2. The van der Waals surface area contributed by atoms with E-state index >= 15 is 4.39 Å². The number of halogens is 2. The standard InChI is InChI=1S/C29H26ClFN2O5/c1-28(2,3)38-25(34)17-8-11-19(12-9-17)32-23-16-18(30)10-13-22(23)33(27(32)36)29(14-15-29)21-7-5-6-20(24(21)31)26(35)37-4/h5-13,16H,14-15H2,1-4H3. The number of esters is 2. The van der Waals surface area contributed by atoms with Crippen LogP contribution in [0.25, 0.3) is 16.7 Å². The fraction of sp³-hybridized carbons (Fsp3) is 0.276. The summed E-state index contributed by atoms with van der Waals surface area (Å²) in [6.07, 6.45) is 1.02. The zero-order valence-electron chi connectivity index (χ0n) is 21.4. The van der Waals surface area contributed by atoms with Gasteiger partial charge in [0.05, 0.1) is 40.5 Å². The van der Waals surface area contributed by atoms with Gasteiger partial charge >= 0.3 is 17.6 Å². The molecule has 4 aromatic rings. The summed E-state index contributed by atoms with van der Waals surface area (Å²) in [4.78, 5) is 38.7. The van der Waals surface area contributed by atoms with Gasteiger partial charge < -0.3 is 9.47 Å². The maximum Gasteiger partial charge on any atom is 0.340 e. The molecule has 7 nitrogen and oxygen atoms in total. The zero-order chi connectivity index (χ0) is 27.4. The van der Waals surface area contributed by atoms with E-state index in [2.05, 4.69) is 0 Å². The molecule has 3 aromatic carbocycles. The lowest BCUT2D eigenvalue weighted by Gasteiger charge is -2.20. The molecule has 9 heteroatoms. The monoisotopic (exact) mass is 536 g/mol. The second kappa shape index (κ2) is 9.13. The average molecular weight is 537 g/mol. The van der Waals surface area contributed by atoms with Crippen molar-refractivity contribution in [3.05, 3.63) is 98.7 Å². The topological polar surface area (TPSA) is 79.5 Å². The number of carbonyl (C=O) groups is 2. The third-order valence-corrected chi connectivity index (χ3v) is 6.85. The van der Waals surface area contributed by atoms with E-state index in [1.54, 1.807) is 79.9 Å². The summed E-state index contributed by atoms with van der Waals surface area (Å²) >= 11 is 6.31. The molecule has 1 aliphatic carbocycles. The molecule has 1 aliphatic rings. The van der Waals surface area contributed by atoms with Crippen molar-refractivity contribution >= 4 is 34.6 Å². The summed E-state index contributed by atoms with van der Waals surface area (Å²) < 4.78 is 28.8. The maximum atomic E-state index is 15.6. The fourth-order valence-corrected chi connectivity index (χ4v) is 4.97. The van der Waals surface area contributed by atoms with Crippen molar-refractivity contribution in [2.75, 3.05) is 7.11 Å². The molecule has 196 valence electrons. The molecule has 38 heavy (non-hydrogen) atoms. The van der Waals surface area contributed by atoms with Crippen molar-refractivity contribution < 1.29 is 23.5 Å². The van der Waals surface area contributed by atoms with Crippen LogP contribution in [0.3, 0.4) is 0 Å². The number of hydrogen-bond donors (Lipinski definition) is 0. The highest BCUT2D eigenvalue weighted by molar-refractivity contribution is 6.31. The molecule has 0 N–H and O–H groups in total. The first-order chi connectivity index (χ1) is 18.0. The Labute approximate surface area is 223 Å². The van der Waals surface area contributed by atoms with Gasteiger partial charge in [-0.25, -0.2) is 18.8 Å². The second-order valence-corrected chi connectivity index (χ2v) is 10.8. The Hall–Kier alpha value is -3.91. The molecule has 0 bridgehead atoms. The Morgan fingerprint density at radius 3 is 2.26 bits per heavy atom. The third kappa shape index (κ3) is 4.28. The summed E-state index contributed by atoms with van der Waals surface area (Å²) in [5.74, 6) is -1.97. The Kier molecular flexibility index (Phi) is 6.18. The summed E-state index contributed by atoms with van der Waals surface area (Å²) in [5, 5.41) is 0.428. The van der Waals surface area contributed by atoms with Crippen LogP contribution >= 0.6 is 11.6 Å². The van der Waals surface area contributed by atoms with Gasteiger partial charge in [-0.15, -0.1) is 0 Å². The Morgan fingerprint density at radius 2 is 1.66 bits per heavy atom. The number of benzene rings is 3. The number of imidazole rings is 1. The van der Waals surface area contributed by atoms with Crippen LogP contribution in [0.2, 0.25) is 5.02 Å². The second-order valence-electron chi connectivity index (χ2n) is 10.3. The van der Waals surface area contributed by atoms with E-state index in [1.807, 2.05) is 0 Å². The average Bonchev–Trinajstić information content (AvgIpc) is 3.60. The first-order valence-corrected chi connectivity index (χ1v) is 12.5. The SMILES string of the molecule is COC(=O)c1cccc(C2(n3c(=O)n(-c4ccc(C(=O)OC(C)(C)C)cc4)c4cc(Cl)ccc43)CC2)c1F. The van der Waals surface area contributed by atoms with E-state index in [4.69, 9.17) is 21.1 Å². The van der Waals surface area contributed by atoms with Crippen molar-refractivity contribution in [3.8, 4) is 5.69 Å². The van der Waals surface area contributed by atoms with Gasteiger partial charge in [0.25, 0.3) is 0 Å². The highest BCUT2D eigenvalue weighted by Gasteiger charge is 2.51. The highest BCUT2D eigenvalue weighted by Crippen LogP contribution is 2.51. The lowest BCUT2D eigenvalue weighted by molar-refractivity contribution is 0.00693. The number of ether oxygens (including phenoxy) is 2. The Balaban J connectivity index is 1.67. The van der Waals surface area contributed by atoms with Crippen molar-refractivity contribution in [2.24, 2.45) is 0 Å². The first kappa shape index (κ1) is 25.7. The fourth-order valence-electron chi connectivity index (χ4n) is 4.81. The molecule has 1 heterocycles. The minimum Gasteiger partial charge on any atom is -0.465 e. The van der Waals surface area contributed by atoms with E-state index in [-0.39, 0.29) is 11.1 Å². The number of methoxy groups -OCH3 is 1. The van der Waals surface area contributed by atoms with Gasteiger partial charge in [-0.3, -0.25) is 9.13 Å². The molecular weight excluding hydrogens is 511 g/mol. The number of rotatable bonds is 5. The quantitative estimate of drug-likeness (QED) is 0.298. The molecule has 1 saturated carbocycles. The number of carbonyl (C=O) groups excluding carboxylic acids is 2. The van der Waals surface area contributed by atoms with Crippen molar-refractivity contribution in [2.45, 2.75) is 44.8 Å². The molecule has 0 aliphatic heterocycles. The van der Waals surface area contributed by atoms with Crippen LogP contribution in [0.4, 0.5) is 4.39 Å². The molecule has 0 saturated heterocycles. The van der Waals surface area contributed by atoms with Crippen molar-refractivity contribution in [1.29, 1.82) is 0 Å².